The fourth-order valence-electron chi connectivity index (χ4n) is 1.37. The molecule has 7 heteroatoms. The number of pyridine rings is 1. The summed E-state index contributed by atoms with van der Waals surface area (Å²) in [4.78, 5) is 4.00. The summed E-state index contributed by atoms with van der Waals surface area (Å²) in [6.07, 6.45) is 1.46. The Morgan fingerprint density at radius 1 is 1.32 bits per heavy atom. The van der Waals surface area contributed by atoms with Crippen molar-refractivity contribution in [2.24, 2.45) is 5.73 Å². The summed E-state index contributed by atoms with van der Waals surface area (Å²) in [6, 6.07) is 6.70. The monoisotopic (exact) mass is 359 g/mol. The number of nitrogen functional groups attached to an aromatic ring is 1. The second kappa shape index (κ2) is 5.77. The number of halogens is 3. The van der Waals surface area contributed by atoms with Crippen molar-refractivity contribution in [2.75, 3.05) is 0 Å². The summed E-state index contributed by atoms with van der Waals surface area (Å²) in [7, 11) is 0. The van der Waals surface area contributed by atoms with Gasteiger partial charge >= 0.3 is 0 Å². The topological polar surface area (TPSA) is 72.0 Å². The average molecular weight is 361 g/mol. The zero-order chi connectivity index (χ0) is 14.0. The number of hydrogen-bond acceptors (Lipinski definition) is 3. The van der Waals surface area contributed by atoms with Crippen LogP contribution < -0.4 is 10.5 Å². The number of amidine groups is 1. The minimum absolute atomic E-state index is 0.151. The van der Waals surface area contributed by atoms with Gasteiger partial charge in [-0.2, -0.15) is 0 Å². The van der Waals surface area contributed by atoms with Crippen LogP contribution in [0, 0.1) is 5.41 Å². The van der Waals surface area contributed by atoms with Crippen molar-refractivity contribution in [3.8, 4) is 11.6 Å². The Bertz CT molecular complexity index is 649. The Morgan fingerprint density at radius 2 is 2.05 bits per heavy atom. The number of hydrogen-bond donors (Lipinski definition) is 2. The van der Waals surface area contributed by atoms with E-state index in [-0.39, 0.29) is 16.7 Å². The summed E-state index contributed by atoms with van der Waals surface area (Å²) in [6.45, 7) is 0. The lowest BCUT2D eigenvalue weighted by Gasteiger charge is -2.10. The Kier molecular flexibility index (Phi) is 4.29. The summed E-state index contributed by atoms with van der Waals surface area (Å²) >= 11 is 15.4. The van der Waals surface area contributed by atoms with Gasteiger partial charge in [0, 0.05) is 16.2 Å². The van der Waals surface area contributed by atoms with Gasteiger partial charge in [-0.3, -0.25) is 5.41 Å². The molecular formula is C12H8BrCl2N3O. The molecule has 2 rings (SSSR count). The van der Waals surface area contributed by atoms with Crippen LogP contribution in [0.3, 0.4) is 0 Å². The van der Waals surface area contributed by atoms with Crippen LogP contribution in [0.1, 0.15) is 5.56 Å². The van der Waals surface area contributed by atoms with Crippen molar-refractivity contribution in [3.05, 3.63) is 50.5 Å². The SMILES string of the molecule is N=C(N)c1ccnc(Oc2ccc(Br)cc2Cl)c1Cl. The molecule has 0 unspecified atom stereocenters. The number of ether oxygens (including phenoxy) is 1. The molecule has 0 aliphatic carbocycles. The average Bonchev–Trinajstić information content (AvgIpc) is 2.34. The maximum absolute atomic E-state index is 7.40. The molecule has 0 atom stereocenters. The quantitative estimate of drug-likeness (QED) is 0.635. The zero-order valence-corrected chi connectivity index (χ0v) is 12.6. The maximum Gasteiger partial charge on any atom is 0.238 e. The standard InChI is InChI=1S/C12H8BrCl2N3O/c13-6-1-2-9(8(14)5-6)19-12-10(15)7(11(16)17)3-4-18-12/h1-5H,(H3,16,17). The van der Waals surface area contributed by atoms with Gasteiger partial charge in [0.15, 0.2) is 0 Å². The van der Waals surface area contributed by atoms with Crippen molar-refractivity contribution in [1.29, 1.82) is 5.41 Å². The van der Waals surface area contributed by atoms with Gasteiger partial charge in [-0.25, -0.2) is 4.98 Å². The summed E-state index contributed by atoms with van der Waals surface area (Å²) in [5.41, 5.74) is 5.77. The van der Waals surface area contributed by atoms with Crippen molar-refractivity contribution < 1.29 is 4.74 Å². The van der Waals surface area contributed by atoms with Crippen LogP contribution in [0.25, 0.3) is 0 Å². The lowest BCUT2D eigenvalue weighted by molar-refractivity contribution is 0.463. The van der Waals surface area contributed by atoms with E-state index >= 15 is 0 Å². The number of nitrogens with two attached hydrogens (primary N) is 1. The van der Waals surface area contributed by atoms with Gasteiger partial charge < -0.3 is 10.5 Å². The molecule has 2 aromatic rings. The molecule has 0 aliphatic heterocycles. The minimum Gasteiger partial charge on any atom is -0.436 e. The molecule has 0 amide bonds. The van der Waals surface area contributed by atoms with Gasteiger partial charge in [0.1, 0.15) is 16.6 Å². The Labute approximate surface area is 128 Å². The minimum atomic E-state index is -0.154. The molecule has 4 nitrogen and oxygen atoms in total. The molecule has 0 spiro atoms. The summed E-state index contributed by atoms with van der Waals surface area (Å²) < 4.78 is 6.37. The van der Waals surface area contributed by atoms with E-state index in [4.69, 9.17) is 39.1 Å². The van der Waals surface area contributed by atoms with E-state index in [9.17, 15) is 0 Å². The highest BCUT2D eigenvalue weighted by molar-refractivity contribution is 9.10. The maximum atomic E-state index is 7.40. The predicted molar refractivity (Wildman–Crippen MR) is 79.5 cm³/mol. The first-order valence-corrected chi connectivity index (χ1v) is 6.65. The Balaban J connectivity index is 2.38. The fourth-order valence-corrected chi connectivity index (χ4v) is 2.33. The van der Waals surface area contributed by atoms with Crippen LogP contribution in [0.2, 0.25) is 10.0 Å². The van der Waals surface area contributed by atoms with Gasteiger partial charge in [-0.05, 0) is 24.3 Å². The van der Waals surface area contributed by atoms with Crippen LogP contribution in [0.15, 0.2) is 34.9 Å². The molecule has 0 saturated carbocycles. The molecule has 0 saturated heterocycles. The summed E-state index contributed by atoms with van der Waals surface area (Å²) in [5, 5.41) is 7.99. The third-order valence-corrected chi connectivity index (χ3v) is 3.40. The van der Waals surface area contributed by atoms with Crippen LogP contribution in [-0.4, -0.2) is 10.8 Å². The molecule has 1 heterocycles. The molecule has 0 fully saturated rings. The number of rotatable bonds is 3. The van der Waals surface area contributed by atoms with Gasteiger partial charge in [-0.1, -0.05) is 39.1 Å². The lowest BCUT2D eigenvalue weighted by Crippen LogP contribution is -2.12. The van der Waals surface area contributed by atoms with Crippen molar-refractivity contribution in [1.82, 2.24) is 4.98 Å². The number of benzene rings is 1. The molecule has 0 aliphatic rings. The van der Waals surface area contributed by atoms with Crippen LogP contribution >= 0.6 is 39.1 Å². The van der Waals surface area contributed by atoms with E-state index in [1.54, 1.807) is 24.3 Å². The largest absolute Gasteiger partial charge is 0.436 e. The van der Waals surface area contributed by atoms with Crippen molar-refractivity contribution >= 4 is 45.0 Å². The molecule has 1 aromatic heterocycles. The first-order valence-electron chi connectivity index (χ1n) is 5.11. The zero-order valence-electron chi connectivity index (χ0n) is 9.45. The van der Waals surface area contributed by atoms with E-state index in [1.807, 2.05) is 0 Å². The molecule has 3 N–H and O–H groups in total. The van der Waals surface area contributed by atoms with E-state index in [0.717, 1.165) is 4.47 Å². The fraction of sp³-hybridized carbons (Fsp3) is 0. The summed E-state index contributed by atoms with van der Waals surface area (Å²) in [5.74, 6) is 0.415. The highest BCUT2D eigenvalue weighted by Gasteiger charge is 2.13. The van der Waals surface area contributed by atoms with Crippen LogP contribution in [-0.2, 0) is 0 Å². The van der Waals surface area contributed by atoms with E-state index < -0.39 is 0 Å². The number of nitrogens with one attached hydrogen (secondary N) is 1. The molecular weight excluding hydrogens is 353 g/mol. The van der Waals surface area contributed by atoms with E-state index in [0.29, 0.717) is 16.3 Å². The molecule has 19 heavy (non-hydrogen) atoms. The van der Waals surface area contributed by atoms with E-state index in [1.165, 1.54) is 6.20 Å². The highest BCUT2D eigenvalue weighted by atomic mass is 79.9. The highest BCUT2D eigenvalue weighted by Crippen LogP contribution is 2.34. The third kappa shape index (κ3) is 3.18. The second-order valence-corrected chi connectivity index (χ2v) is 5.27. The number of aromatic nitrogens is 1. The first-order chi connectivity index (χ1) is 8.99. The van der Waals surface area contributed by atoms with Crippen molar-refractivity contribution in [3.63, 3.8) is 0 Å². The van der Waals surface area contributed by atoms with Gasteiger partial charge in [0.05, 0.1) is 5.02 Å². The molecule has 1 aromatic carbocycles. The molecule has 0 bridgehead atoms. The van der Waals surface area contributed by atoms with Crippen molar-refractivity contribution in [2.45, 2.75) is 0 Å². The number of nitrogens with zero attached hydrogens (tertiary/aromatic N) is 1. The van der Waals surface area contributed by atoms with Gasteiger partial charge in [0.25, 0.3) is 0 Å². The smallest absolute Gasteiger partial charge is 0.238 e. The second-order valence-electron chi connectivity index (χ2n) is 3.57. The van der Waals surface area contributed by atoms with Crippen LogP contribution in [0.5, 0.6) is 11.6 Å². The van der Waals surface area contributed by atoms with E-state index in [2.05, 4.69) is 20.9 Å². The predicted octanol–water partition coefficient (Wildman–Crippen LogP) is 4.23. The molecule has 98 valence electrons. The Hall–Kier alpha value is -1.30. The lowest BCUT2D eigenvalue weighted by atomic mass is 10.2. The van der Waals surface area contributed by atoms with Crippen LogP contribution in [0.4, 0.5) is 0 Å². The molecule has 0 radical (unpaired) electrons. The van der Waals surface area contributed by atoms with Gasteiger partial charge in [-0.15, -0.1) is 0 Å². The Morgan fingerprint density at radius 3 is 2.68 bits per heavy atom. The van der Waals surface area contributed by atoms with Gasteiger partial charge in [0.2, 0.25) is 5.88 Å². The normalized spacial score (nSPS) is 10.3. The third-order valence-electron chi connectivity index (χ3n) is 2.25. The first kappa shape index (κ1) is 14.1.